The third-order valence-corrected chi connectivity index (χ3v) is 7.51. The number of rotatable bonds is 11. The van der Waals surface area contributed by atoms with E-state index in [1.54, 1.807) is 13.2 Å². The van der Waals surface area contributed by atoms with E-state index in [2.05, 4.69) is 45.5 Å². The number of halogens is 1. The van der Waals surface area contributed by atoms with Crippen molar-refractivity contribution < 1.29 is 19.0 Å². The van der Waals surface area contributed by atoms with Gasteiger partial charge in [-0.3, -0.25) is 4.79 Å². The summed E-state index contributed by atoms with van der Waals surface area (Å²) in [6.45, 7) is 1.81. The Bertz CT molecular complexity index is 1280. The molecule has 0 saturated heterocycles. The molecule has 3 aromatic carbocycles. The fourth-order valence-corrected chi connectivity index (χ4v) is 5.25. The summed E-state index contributed by atoms with van der Waals surface area (Å²) in [5, 5.41) is 4.49. The Labute approximate surface area is 232 Å². The highest BCUT2D eigenvalue weighted by atomic mass is 79.9. The zero-order chi connectivity index (χ0) is 26.3. The molecule has 2 aliphatic rings. The van der Waals surface area contributed by atoms with Crippen LogP contribution in [0.3, 0.4) is 0 Å². The second kappa shape index (κ2) is 12.4. The SMILES string of the molecule is COc1cc2c(cc1OCCCCCBr)NC[C@@H]1CC(c3ccc(OCc4ccccc4)cc3)=CN1C2=O. The first-order valence-electron chi connectivity index (χ1n) is 13.1. The van der Waals surface area contributed by atoms with Gasteiger partial charge in [0.05, 0.1) is 31.0 Å². The van der Waals surface area contributed by atoms with E-state index >= 15 is 0 Å². The first-order chi connectivity index (χ1) is 18.7. The largest absolute Gasteiger partial charge is 0.493 e. The summed E-state index contributed by atoms with van der Waals surface area (Å²) >= 11 is 3.46. The van der Waals surface area contributed by atoms with Crippen LogP contribution in [0.4, 0.5) is 5.69 Å². The van der Waals surface area contributed by atoms with Gasteiger partial charge in [0.15, 0.2) is 11.5 Å². The predicted molar refractivity (Wildman–Crippen MR) is 154 cm³/mol. The quantitative estimate of drug-likeness (QED) is 0.199. The number of carbonyl (C=O) groups is 1. The smallest absolute Gasteiger partial charge is 0.260 e. The first-order valence-corrected chi connectivity index (χ1v) is 14.2. The highest BCUT2D eigenvalue weighted by Gasteiger charge is 2.34. The van der Waals surface area contributed by atoms with Crippen molar-refractivity contribution in [3.63, 3.8) is 0 Å². The maximum absolute atomic E-state index is 13.6. The van der Waals surface area contributed by atoms with Gasteiger partial charge in [-0.05, 0) is 60.6 Å². The van der Waals surface area contributed by atoms with Crippen LogP contribution in [-0.4, -0.2) is 42.4 Å². The number of nitrogens with one attached hydrogen (secondary N) is 1. The van der Waals surface area contributed by atoms with Crippen LogP contribution in [0.15, 0.2) is 72.9 Å². The summed E-state index contributed by atoms with van der Waals surface area (Å²) in [6.07, 6.45) is 5.97. The van der Waals surface area contributed by atoms with E-state index in [4.69, 9.17) is 14.2 Å². The standard InChI is InChI=1S/C31H33BrN2O4/c1-36-29-17-27-28(18-30(29)37-15-7-3-6-14-32)33-19-25-16-24(20-34(25)31(27)35)23-10-12-26(13-11-23)38-21-22-8-4-2-5-9-22/h2,4-5,8-13,17-18,20,25,33H,3,6-7,14-16,19,21H2,1H3/t25-/m0/s1. The van der Waals surface area contributed by atoms with E-state index in [1.165, 1.54) is 0 Å². The molecule has 0 aliphatic carbocycles. The van der Waals surface area contributed by atoms with Crippen molar-refractivity contribution in [3.05, 3.63) is 89.6 Å². The topological polar surface area (TPSA) is 60.0 Å². The minimum atomic E-state index is -0.0324. The van der Waals surface area contributed by atoms with Crippen molar-refractivity contribution in [2.45, 2.75) is 38.3 Å². The molecule has 38 heavy (non-hydrogen) atoms. The van der Waals surface area contributed by atoms with Crippen molar-refractivity contribution in [1.82, 2.24) is 4.90 Å². The van der Waals surface area contributed by atoms with E-state index in [-0.39, 0.29) is 11.9 Å². The number of hydrogen-bond acceptors (Lipinski definition) is 5. The third kappa shape index (κ3) is 5.99. The lowest BCUT2D eigenvalue weighted by atomic mass is 10.0. The average molecular weight is 578 g/mol. The molecule has 5 rings (SSSR count). The number of methoxy groups -OCH3 is 1. The molecule has 0 aromatic heterocycles. The number of benzene rings is 3. The van der Waals surface area contributed by atoms with Crippen molar-refractivity contribution in [2.24, 2.45) is 0 Å². The van der Waals surface area contributed by atoms with E-state index in [0.717, 1.165) is 59.2 Å². The number of amides is 1. The Morgan fingerprint density at radius 1 is 0.974 bits per heavy atom. The number of nitrogens with zero attached hydrogens (tertiary/aromatic N) is 1. The van der Waals surface area contributed by atoms with Gasteiger partial charge in [-0.25, -0.2) is 0 Å². The number of anilines is 1. The zero-order valence-corrected chi connectivity index (χ0v) is 23.2. The summed E-state index contributed by atoms with van der Waals surface area (Å²) in [4.78, 5) is 15.5. The molecule has 7 heteroatoms. The molecular formula is C31H33BrN2O4. The van der Waals surface area contributed by atoms with E-state index in [9.17, 15) is 4.79 Å². The Kier molecular flexibility index (Phi) is 8.54. The van der Waals surface area contributed by atoms with Gasteiger partial charge in [0.2, 0.25) is 0 Å². The van der Waals surface area contributed by atoms with Crippen LogP contribution in [0.1, 0.15) is 47.2 Å². The van der Waals surface area contributed by atoms with Crippen LogP contribution in [0.5, 0.6) is 17.2 Å². The highest BCUT2D eigenvalue weighted by Crippen LogP contribution is 2.39. The minimum absolute atomic E-state index is 0.0324. The summed E-state index contributed by atoms with van der Waals surface area (Å²) < 4.78 is 17.5. The fourth-order valence-electron chi connectivity index (χ4n) is 4.85. The van der Waals surface area contributed by atoms with Crippen LogP contribution in [0.2, 0.25) is 0 Å². The Morgan fingerprint density at radius 3 is 2.55 bits per heavy atom. The Hall–Kier alpha value is -3.45. The highest BCUT2D eigenvalue weighted by molar-refractivity contribution is 9.09. The van der Waals surface area contributed by atoms with Crippen molar-refractivity contribution in [1.29, 1.82) is 0 Å². The molecule has 0 spiro atoms. The van der Waals surface area contributed by atoms with Gasteiger partial charge in [-0.1, -0.05) is 58.4 Å². The molecule has 198 valence electrons. The molecule has 2 heterocycles. The zero-order valence-electron chi connectivity index (χ0n) is 21.6. The number of alkyl halides is 1. The molecule has 1 atom stereocenters. The van der Waals surface area contributed by atoms with E-state index < -0.39 is 0 Å². The summed E-state index contributed by atoms with van der Waals surface area (Å²) in [6, 6.07) is 22.0. The average Bonchev–Trinajstić information content (AvgIpc) is 3.34. The van der Waals surface area contributed by atoms with Crippen LogP contribution >= 0.6 is 15.9 Å². The molecule has 3 aromatic rings. The second-order valence-electron chi connectivity index (χ2n) is 9.55. The number of unbranched alkanes of at least 4 members (excludes halogenated alkanes) is 2. The summed E-state index contributed by atoms with van der Waals surface area (Å²) in [7, 11) is 1.61. The van der Waals surface area contributed by atoms with Crippen LogP contribution in [-0.2, 0) is 6.61 Å². The number of ether oxygens (including phenoxy) is 3. The maximum Gasteiger partial charge on any atom is 0.260 e. The molecular weight excluding hydrogens is 544 g/mol. The monoisotopic (exact) mass is 576 g/mol. The molecule has 0 saturated carbocycles. The Balaban J connectivity index is 1.27. The molecule has 1 N–H and O–H groups in total. The summed E-state index contributed by atoms with van der Waals surface area (Å²) in [5.41, 5.74) is 4.75. The van der Waals surface area contributed by atoms with Crippen LogP contribution in [0, 0.1) is 0 Å². The molecule has 0 bridgehead atoms. The van der Waals surface area contributed by atoms with E-state index in [1.807, 2.05) is 47.5 Å². The fraction of sp³-hybridized carbons (Fsp3) is 0.323. The van der Waals surface area contributed by atoms with Crippen molar-refractivity contribution >= 4 is 33.1 Å². The lowest BCUT2D eigenvalue weighted by molar-refractivity contribution is 0.0796. The van der Waals surface area contributed by atoms with Crippen molar-refractivity contribution in [2.75, 3.05) is 30.9 Å². The first kappa shape index (κ1) is 26.2. The van der Waals surface area contributed by atoms with Crippen LogP contribution < -0.4 is 19.5 Å². The second-order valence-corrected chi connectivity index (χ2v) is 10.3. The summed E-state index contributed by atoms with van der Waals surface area (Å²) in [5.74, 6) is 2.03. The predicted octanol–water partition coefficient (Wildman–Crippen LogP) is 6.90. The normalized spacial score (nSPS) is 16.2. The molecule has 0 unspecified atom stereocenters. The van der Waals surface area contributed by atoms with Gasteiger partial charge in [0.25, 0.3) is 5.91 Å². The third-order valence-electron chi connectivity index (χ3n) is 6.95. The number of fused-ring (bicyclic) bond motifs is 2. The van der Waals surface area contributed by atoms with E-state index in [0.29, 0.717) is 36.8 Å². The minimum Gasteiger partial charge on any atom is -0.493 e. The molecule has 1 amide bonds. The molecule has 2 aliphatic heterocycles. The lowest BCUT2D eigenvalue weighted by Crippen LogP contribution is -2.34. The van der Waals surface area contributed by atoms with Gasteiger partial charge in [-0.2, -0.15) is 0 Å². The molecule has 0 fully saturated rings. The van der Waals surface area contributed by atoms with Gasteiger partial charge in [0.1, 0.15) is 12.4 Å². The Morgan fingerprint density at radius 2 is 1.79 bits per heavy atom. The van der Waals surface area contributed by atoms with Crippen LogP contribution in [0.25, 0.3) is 5.57 Å². The molecule has 0 radical (unpaired) electrons. The van der Waals surface area contributed by atoms with Gasteiger partial charge >= 0.3 is 0 Å². The van der Waals surface area contributed by atoms with Crippen molar-refractivity contribution in [3.8, 4) is 17.2 Å². The maximum atomic E-state index is 13.6. The lowest BCUT2D eigenvalue weighted by Gasteiger charge is -2.20. The number of hydrogen-bond donors (Lipinski definition) is 1. The van der Waals surface area contributed by atoms with Gasteiger partial charge in [0, 0.05) is 24.1 Å². The number of carbonyl (C=O) groups excluding carboxylic acids is 1. The van der Waals surface area contributed by atoms with Gasteiger partial charge < -0.3 is 24.4 Å². The van der Waals surface area contributed by atoms with Gasteiger partial charge in [-0.15, -0.1) is 0 Å². The molecule has 6 nitrogen and oxygen atoms in total.